The van der Waals surface area contributed by atoms with Crippen LogP contribution >= 0.6 is 0 Å². The van der Waals surface area contributed by atoms with Crippen molar-refractivity contribution >= 4 is 0 Å². The molecule has 1 heterocycles. The number of hydrogen-bond donors (Lipinski definition) is 6. The SMILES string of the molecule is CC.CC.CC(C)C(O)(O)C1(C)N(C(O)(O)C2CC2(F)F)C(O)(O)CC12CC2. The Kier molecular flexibility index (Phi) is 6.74. The molecule has 2 saturated carbocycles. The van der Waals surface area contributed by atoms with E-state index in [1.54, 1.807) is 0 Å². The van der Waals surface area contributed by atoms with Crippen LogP contribution in [0, 0.1) is 17.3 Å². The van der Waals surface area contributed by atoms with E-state index in [-0.39, 0.29) is 4.90 Å². The first-order valence-corrected chi connectivity index (χ1v) is 10.1. The van der Waals surface area contributed by atoms with E-state index in [0.29, 0.717) is 12.8 Å². The highest BCUT2D eigenvalue weighted by Gasteiger charge is 2.83. The van der Waals surface area contributed by atoms with E-state index in [1.165, 1.54) is 20.8 Å². The van der Waals surface area contributed by atoms with Crippen LogP contribution in [0.15, 0.2) is 0 Å². The van der Waals surface area contributed by atoms with Gasteiger partial charge in [0.25, 0.3) is 5.92 Å². The fourth-order valence-corrected chi connectivity index (χ4v) is 4.61. The van der Waals surface area contributed by atoms with Crippen LogP contribution in [0.25, 0.3) is 0 Å². The molecule has 0 amide bonds. The molecule has 0 aromatic carbocycles. The molecule has 0 aromatic rings. The molecule has 2 atom stereocenters. The van der Waals surface area contributed by atoms with Crippen molar-refractivity contribution in [2.24, 2.45) is 17.3 Å². The molecule has 3 aliphatic rings. The number of nitrogens with zero attached hydrogens (tertiary/aromatic N) is 1. The Bertz CT molecular complexity index is 563. The molecule has 6 N–H and O–H groups in total. The smallest absolute Gasteiger partial charge is 0.258 e. The Morgan fingerprint density at radius 3 is 1.64 bits per heavy atom. The highest BCUT2D eigenvalue weighted by Crippen LogP contribution is 2.72. The number of likely N-dealkylation sites (tertiary alicyclic amines) is 1. The average molecular weight is 414 g/mol. The third-order valence-electron chi connectivity index (χ3n) is 6.41. The lowest BCUT2D eigenvalue weighted by atomic mass is 9.71. The molecule has 3 fully saturated rings. The van der Waals surface area contributed by atoms with Crippen LogP contribution in [0.5, 0.6) is 0 Å². The van der Waals surface area contributed by atoms with Gasteiger partial charge in [-0.2, -0.15) is 4.90 Å². The first kappa shape index (κ1) is 25.6. The van der Waals surface area contributed by atoms with Gasteiger partial charge in [-0.05, 0) is 19.8 Å². The van der Waals surface area contributed by atoms with Crippen LogP contribution in [0.4, 0.5) is 8.78 Å². The van der Waals surface area contributed by atoms with Crippen LogP contribution < -0.4 is 0 Å². The molecule has 1 saturated heterocycles. The zero-order valence-electron chi connectivity index (χ0n) is 17.9. The second-order valence-electron chi connectivity index (χ2n) is 8.22. The first-order valence-electron chi connectivity index (χ1n) is 10.1. The van der Waals surface area contributed by atoms with Gasteiger partial charge in [0.1, 0.15) is 0 Å². The van der Waals surface area contributed by atoms with Crippen molar-refractivity contribution < 1.29 is 39.4 Å². The average Bonchev–Trinajstić information content (AvgIpc) is 3.46. The molecule has 0 radical (unpaired) electrons. The molecule has 3 rings (SSSR count). The molecule has 0 bridgehead atoms. The van der Waals surface area contributed by atoms with Gasteiger partial charge in [-0.15, -0.1) is 0 Å². The first-order chi connectivity index (χ1) is 12.6. The van der Waals surface area contributed by atoms with Gasteiger partial charge in [0.15, 0.2) is 5.79 Å². The van der Waals surface area contributed by atoms with Crippen molar-refractivity contribution in [1.29, 1.82) is 0 Å². The van der Waals surface area contributed by atoms with Gasteiger partial charge in [0.05, 0.1) is 11.5 Å². The third-order valence-corrected chi connectivity index (χ3v) is 6.41. The highest BCUT2D eigenvalue weighted by molar-refractivity contribution is 5.25. The topological polar surface area (TPSA) is 125 Å². The molecule has 168 valence electrons. The number of alkyl halides is 2. The summed E-state index contributed by atoms with van der Waals surface area (Å²) in [7, 11) is 0. The molecule has 28 heavy (non-hydrogen) atoms. The molecular weight excluding hydrogens is 376 g/mol. The zero-order valence-corrected chi connectivity index (χ0v) is 17.9. The lowest BCUT2D eigenvalue weighted by Crippen LogP contribution is -2.75. The quantitative estimate of drug-likeness (QED) is 0.386. The van der Waals surface area contributed by atoms with Gasteiger partial charge in [0, 0.05) is 24.2 Å². The van der Waals surface area contributed by atoms with Crippen LogP contribution in [0.1, 0.15) is 74.1 Å². The zero-order chi connectivity index (χ0) is 22.6. The number of aliphatic hydroxyl groups is 6. The van der Waals surface area contributed by atoms with Gasteiger partial charge < -0.3 is 30.6 Å². The van der Waals surface area contributed by atoms with Gasteiger partial charge >= 0.3 is 0 Å². The summed E-state index contributed by atoms with van der Waals surface area (Å²) >= 11 is 0. The lowest BCUT2D eigenvalue weighted by Gasteiger charge is -2.54. The van der Waals surface area contributed by atoms with Gasteiger partial charge in [-0.3, -0.25) is 0 Å². The minimum Gasteiger partial charge on any atom is -0.364 e. The van der Waals surface area contributed by atoms with Gasteiger partial charge in [-0.25, -0.2) is 8.78 Å². The van der Waals surface area contributed by atoms with Gasteiger partial charge in [-0.1, -0.05) is 41.5 Å². The Balaban J connectivity index is 0.000000921. The van der Waals surface area contributed by atoms with Crippen LogP contribution in [-0.2, 0) is 0 Å². The Morgan fingerprint density at radius 1 is 0.964 bits per heavy atom. The Hall–Kier alpha value is -0.420. The summed E-state index contributed by atoms with van der Waals surface area (Å²) in [5.74, 6) is -14.9. The minimum atomic E-state index is -3.37. The van der Waals surface area contributed by atoms with Gasteiger partial charge in [0.2, 0.25) is 11.8 Å². The predicted molar refractivity (Wildman–Crippen MR) is 98.6 cm³/mol. The summed E-state index contributed by atoms with van der Waals surface area (Å²) in [4.78, 5) is 0.283. The predicted octanol–water partition coefficient (Wildman–Crippen LogP) is 1.55. The molecule has 9 heteroatoms. The maximum Gasteiger partial charge on any atom is 0.258 e. The Labute approximate surface area is 165 Å². The minimum absolute atomic E-state index is 0.283. The van der Waals surface area contributed by atoms with E-state index < -0.39 is 59.2 Å². The molecule has 1 aliphatic heterocycles. The Morgan fingerprint density at radius 2 is 1.36 bits per heavy atom. The molecule has 0 aromatic heterocycles. The monoisotopic (exact) mass is 413 g/mol. The van der Waals surface area contributed by atoms with E-state index in [0.717, 1.165) is 0 Å². The summed E-state index contributed by atoms with van der Waals surface area (Å²) in [5, 5.41) is 63.0. The van der Waals surface area contributed by atoms with Crippen molar-refractivity contribution in [3.63, 3.8) is 0 Å². The van der Waals surface area contributed by atoms with Crippen LogP contribution in [-0.4, -0.2) is 64.6 Å². The second-order valence-corrected chi connectivity index (χ2v) is 8.22. The molecule has 1 spiro atoms. The number of hydrogen-bond acceptors (Lipinski definition) is 7. The summed E-state index contributed by atoms with van der Waals surface area (Å²) in [5.41, 5.74) is -2.97. The van der Waals surface area contributed by atoms with Crippen molar-refractivity contribution in [3.8, 4) is 0 Å². The molecule has 7 nitrogen and oxygen atoms in total. The summed E-state index contributed by atoms with van der Waals surface area (Å²) in [6.07, 6.45) is -0.459. The van der Waals surface area contributed by atoms with E-state index in [9.17, 15) is 39.4 Å². The maximum atomic E-state index is 13.5. The van der Waals surface area contributed by atoms with E-state index in [4.69, 9.17) is 0 Å². The fraction of sp³-hybridized carbons (Fsp3) is 1.00. The van der Waals surface area contributed by atoms with E-state index >= 15 is 0 Å². The largest absolute Gasteiger partial charge is 0.364 e. The van der Waals surface area contributed by atoms with E-state index in [1.807, 2.05) is 27.7 Å². The standard InChI is InChI=1S/C15H25F2NO6.2C2H6/c1-8(2)14(21,22)10(3)11(4-5-11)7-13(19,20)18(10)15(23,24)9-6-12(9,16)17;2*1-2/h8-9,19-24H,4-7H2,1-3H3;2*1-2H3. The van der Waals surface area contributed by atoms with Crippen molar-refractivity contribution in [2.45, 2.75) is 103 Å². The second kappa shape index (κ2) is 7.37. The van der Waals surface area contributed by atoms with Crippen molar-refractivity contribution in [2.75, 3.05) is 0 Å². The molecule has 2 aliphatic carbocycles. The number of rotatable bonds is 4. The molecule has 2 unspecified atom stereocenters. The van der Waals surface area contributed by atoms with E-state index in [2.05, 4.69) is 0 Å². The maximum absolute atomic E-state index is 13.5. The summed E-state index contributed by atoms with van der Waals surface area (Å²) in [6, 6.07) is 0. The third kappa shape index (κ3) is 3.38. The summed E-state index contributed by atoms with van der Waals surface area (Å²) in [6.45, 7) is 12.2. The summed E-state index contributed by atoms with van der Waals surface area (Å²) < 4.78 is 27.0. The normalized spacial score (nSPS) is 32.4. The van der Waals surface area contributed by atoms with Crippen LogP contribution in [0.3, 0.4) is 0 Å². The highest BCUT2D eigenvalue weighted by atomic mass is 19.3. The van der Waals surface area contributed by atoms with Crippen molar-refractivity contribution in [3.05, 3.63) is 0 Å². The number of halogens is 2. The lowest BCUT2D eigenvalue weighted by molar-refractivity contribution is -0.429. The van der Waals surface area contributed by atoms with Crippen molar-refractivity contribution in [1.82, 2.24) is 4.90 Å². The van der Waals surface area contributed by atoms with Crippen LogP contribution in [0.2, 0.25) is 0 Å². The molecular formula is C19H37F2NO6. The fourth-order valence-electron chi connectivity index (χ4n) is 4.61.